The van der Waals surface area contributed by atoms with Gasteiger partial charge in [0.25, 0.3) is 9.70 Å². The first-order chi connectivity index (χ1) is 21.8. The van der Waals surface area contributed by atoms with Crippen LogP contribution in [0.1, 0.15) is 81.1 Å². The molecule has 1 aliphatic carbocycles. The van der Waals surface area contributed by atoms with Crippen LogP contribution in [0.4, 0.5) is 0 Å². The molecule has 2 heterocycles. The molecule has 5 atom stereocenters. The Morgan fingerprint density at radius 2 is 1.65 bits per heavy atom. The summed E-state index contributed by atoms with van der Waals surface area (Å²) in [5, 5.41) is 12.3. The third-order valence-corrected chi connectivity index (χ3v) is 10.3. The minimum Gasteiger partial charge on any atom is -0.392 e. The minimum atomic E-state index is -2.02. The number of nitrogens with zero attached hydrogens (tertiary/aromatic N) is 1. The van der Waals surface area contributed by atoms with E-state index in [1.165, 1.54) is 19.3 Å². The molecule has 0 spiro atoms. The molecule has 2 saturated heterocycles. The Hall–Kier alpha value is -2.16. The number of rotatable bonds is 8. The fourth-order valence-electron chi connectivity index (χ4n) is 8.14. The first-order valence-electron chi connectivity index (χ1n) is 16.1. The molecule has 46 heavy (non-hydrogen) atoms. The third-order valence-electron chi connectivity index (χ3n) is 9.78. The van der Waals surface area contributed by atoms with Crippen molar-refractivity contribution in [1.82, 2.24) is 10.2 Å². The number of carbonyl (C=O) groups is 1. The summed E-state index contributed by atoms with van der Waals surface area (Å²) in [6, 6.07) is 24.7. The lowest BCUT2D eigenvalue weighted by molar-refractivity contribution is -0.253. The molecule has 9 heteroatoms. The van der Waals surface area contributed by atoms with Gasteiger partial charge in [0, 0.05) is 37.7 Å². The maximum absolute atomic E-state index is 12.2. The summed E-state index contributed by atoms with van der Waals surface area (Å²) in [5.41, 5.74) is 6.50. The highest BCUT2D eigenvalue weighted by Gasteiger charge is 2.50. The Morgan fingerprint density at radius 1 is 0.957 bits per heavy atom. The van der Waals surface area contributed by atoms with E-state index in [0.29, 0.717) is 16.9 Å². The molecule has 2 aliphatic heterocycles. The second kappa shape index (κ2) is 13.4. The van der Waals surface area contributed by atoms with Crippen molar-refractivity contribution >= 4 is 40.7 Å². The van der Waals surface area contributed by atoms with Gasteiger partial charge in [-0.3, -0.25) is 9.69 Å². The normalized spacial score (nSPS) is 27.8. The third kappa shape index (κ3) is 7.76. The van der Waals surface area contributed by atoms with E-state index in [-0.39, 0.29) is 25.4 Å². The Morgan fingerprint density at radius 3 is 2.35 bits per heavy atom. The molecule has 3 aliphatic rings. The summed E-state index contributed by atoms with van der Waals surface area (Å²) >= 11 is 17.2. The van der Waals surface area contributed by atoms with Crippen LogP contribution in [0, 0.1) is 10.8 Å². The van der Waals surface area contributed by atoms with Crippen LogP contribution in [0.15, 0.2) is 72.8 Å². The van der Waals surface area contributed by atoms with Crippen LogP contribution < -0.4 is 5.32 Å². The van der Waals surface area contributed by atoms with Crippen LogP contribution in [-0.4, -0.2) is 44.9 Å². The van der Waals surface area contributed by atoms with Crippen LogP contribution in [0.5, 0.6) is 0 Å². The molecule has 2 unspecified atom stereocenters. The van der Waals surface area contributed by atoms with Crippen molar-refractivity contribution in [2.24, 2.45) is 10.8 Å². The van der Waals surface area contributed by atoms with Crippen LogP contribution in [0.3, 0.4) is 0 Å². The van der Waals surface area contributed by atoms with Crippen molar-refractivity contribution in [2.45, 2.75) is 87.9 Å². The quantitative estimate of drug-likeness (QED) is 0.234. The largest absolute Gasteiger partial charge is 0.392 e. The molecule has 3 aromatic rings. The number of alkyl halides is 3. The zero-order valence-corrected chi connectivity index (χ0v) is 28.9. The van der Waals surface area contributed by atoms with Gasteiger partial charge in [0.15, 0.2) is 6.29 Å². The second-order valence-electron chi connectivity index (χ2n) is 14.5. The van der Waals surface area contributed by atoms with Gasteiger partial charge in [-0.2, -0.15) is 0 Å². The first kappa shape index (κ1) is 33.7. The predicted octanol–water partition coefficient (Wildman–Crippen LogP) is 8.28. The highest BCUT2D eigenvalue weighted by Crippen LogP contribution is 2.53. The fourth-order valence-corrected chi connectivity index (χ4v) is 8.34. The Bertz CT molecular complexity index is 1520. The van der Waals surface area contributed by atoms with Gasteiger partial charge in [-0.15, -0.1) is 0 Å². The summed E-state index contributed by atoms with van der Waals surface area (Å²) in [6.07, 6.45) is 3.86. The number of fused-ring (bicyclic) bond motifs is 2. The van der Waals surface area contributed by atoms with E-state index >= 15 is 0 Å². The summed E-state index contributed by atoms with van der Waals surface area (Å²) < 4.78 is 11.4. The number of nitrogens with one attached hydrogen (secondary N) is 1. The second-order valence-corrected chi connectivity index (χ2v) is 16.7. The summed E-state index contributed by atoms with van der Waals surface area (Å²) in [7, 11) is 0. The molecule has 6 nitrogen and oxygen atoms in total. The van der Waals surface area contributed by atoms with Crippen LogP contribution in [0.2, 0.25) is 0 Å². The number of aliphatic hydroxyl groups excluding tert-OH is 1. The van der Waals surface area contributed by atoms with Crippen molar-refractivity contribution in [3.63, 3.8) is 0 Å². The first-order valence-corrected chi connectivity index (χ1v) is 17.2. The van der Waals surface area contributed by atoms with Crippen LogP contribution in [0.25, 0.3) is 11.1 Å². The van der Waals surface area contributed by atoms with Crippen LogP contribution in [-0.2, 0) is 27.4 Å². The van der Waals surface area contributed by atoms with Crippen molar-refractivity contribution in [3.05, 3.63) is 95.1 Å². The van der Waals surface area contributed by atoms with E-state index in [2.05, 4.69) is 67.4 Å². The van der Waals surface area contributed by atoms with Gasteiger partial charge in [-0.25, -0.2) is 0 Å². The van der Waals surface area contributed by atoms with Gasteiger partial charge in [0.1, 0.15) is 0 Å². The van der Waals surface area contributed by atoms with Gasteiger partial charge >= 0.3 is 0 Å². The zero-order chi connectivity index (χ0) is 32.7. The Kier molecular flexibility index (Phi) is 9.82. The minimum absolute atomic E-state index is 0.00858. The number of benzene rings is 3. The smallest absolute Gasteiger partial charge is 0.272 e. The van der Waals surface area contributed by atoms with Gasteiger partial charge < -0.3 is 19.9 Å². The standard InChI is InChI=1S/C37H43Cl3N2O4/c1-35(2)17-29-18-36(3,22-35)23-42(29)20-30-16-32(26-10-8-24(21-43)9-11-26)46-33(45-30)27-14-12-25(13-15-27)31-7-5-4-6-28(31)19-41-34(44)37(38,39)40/h4-15,29-30,32-33,43H,16-23H2,1-3H3,(H,41,44)/t29?,30-,32+,33+,36?/m0/s1. The molecule has 3 fully saturated rings. The fraction of sp³-hybridized carbons (Fsp3) is 0.486. The molecular formula is C37H43Cl3N2O4. The molecule has 0 radical (unpaired) electrons. The van der Waals surface area contributed by atoms with Crippen molar-refractivity contribution in [1.29, 1.82) is 0 Å². The maximum atomic E-state index is 12.2. The molecule has 6 rings (SSSR count). The average Bonchev–Trinajstić information content (AvgIpc) is 3.26. The van der Waals surface area contributed by atoms with Gasteiger partial charge in [-0.05, 0) is 57.9 Å². The Balaban J connectivity index is 1.22. The number of amides is 1. The molecule has 246 valence electrons. The molecule has 2 bridgehead atoms. The van der Waals surface area contributed by atoms with E-state index in [4.69, 9.17) is 44.3 Å². The van der Waals surface area contributed by atoms with Gasteiger partial charge in [-0.1, -0.05) is 128 Å². The van der Waals surface area contributed by atoms with Gasteiger partial charge in [0.2, 0.25) is 0 Å². The zero-order valence-electron chi connectivity index (χ0n) is 26.6. The molecule has 1 amide bonds. The number of carbonyl (C=O) groups excluding carboxylic acids is 1. The van der Waals surface area contributed by atoms with E-state index in [9.17, 15) is 9.90 Å². The number of hydrogen-bond donors (Lipinski definition) is 2. The Labute approximate surface area is 287 Å². The lowest BCUT2D eigenvalue weighted by atomic mass is 9.65. The summed E-state index contributed by atoms with van der Waals surface area (Å²) in [5.74, 6) is -0.667. The molecular weight excluding hydrogens is 643 g/mol. The van der Waals surface area contributed by atoms with E-state index < -0.39 is 16.0 Å². The highest BCUT2D eigenvalue weighted by atomic mass is 35.6. The molecule has 2 N–H and O–H groups in total. The van der Waals surface area contributed by atoms with Crippen molar-refractivity contribution in [2.75, 3.05) is 13.1 Å². The SMILES string of the molecule is CC1(C)CC2CC(C)(CN2C[C@@H]2C[C@H](c3ccc(CO)cc3)O[C@H](c3ccc(-c4ccccc4CNC(=O)C(Cl)(Cl)Cl)cc3)O2)C1. The topological polar surface area (TPSA) is 71.0 Å². The van der Waals surface area contributed by atoms with Gasteiger partial charge in [0.05, 0.1) is 18.8 Å². The van der Waals surface area contributed by atoms with Crippen molar-refractivity contribution in [3.8, 4) is 11.1 Å². The number of ether oxygens (including phenoxy) is 2. The highest BCUT2D eigenvalue weighted by molar-refractivity contribution is 6.76. The number of halogens is 3. The van der Waals surface area contributed by atoms with Crippen molar-refractivity contribution < 1.29 is 19.4 Å². The number of hydrogen-bond acceptors (Lipinski definition) is 5. The number of aliphatic hydroxyl groups is 1. The lowest BCUT2D eigenvalue weighted by Gasteiger charge is -2.41. The van der Waals surface area contributed by atoms with Crippen LogP contribution >= 0.6 is 34.8 Å². The molecule has 0 aromatic heterocycles. The average molecular weight is 686 g/mol. The predicted molar refractivity (Wildman–Crippen MR) is 184 cm³/mol. The summed E-state index contributed by atoms with van der Waals surface area (Å²) in [6.45, 7) is 9.51. The maximum Gasteiger partial charge on any atom is 0.272 e. The monoisotopic (exact) mass is 684 g/mol. The summed E-state index contributed by atoms with van der Waals surface area (Å²) in [4.78, 5) is 14.8. The van der Waals surface area contributed by atoms with E-state index in [0.717, 1.165) is 52.9 Å². The van der Waals surface area contributed by atoms with E-state index in [1.807, 2.05) is 36.4 Å². The van der Waals surface area contributed by atoms with E-state index in [1.54, 1.807) is 0 Å². The number of likely N-dealkylation sites (tertiary alicyclic amines) is 1. The lowest BCUT2D eigenvalue weighted by Crippen LogP contribution is -2.42. The molecule has 3 aromatic carbocycles. The molecule has 1 saturated carbocycles.